The number of rotatable bonds is 6. The molecule has 0 saturated heterocycles. The standard InChI is InChI=1S/C20H19NO5/c1-25-15-8-13(9-16(10-15)26-2)7-14-11-21(12-19(22)23)18-6-4-3-5-17(18)20(14)24/h3-6,8-11H,7,12H2,1-2H3,(H,22,23). The summed E-state index contributed by atoms with van der Waals surface area (Å²) >= 11 is 0. The van der Waals surface area contributed by atoms with E-state index in [4.69, 9.17) is 9.47 Å². The maximum absolute atomic E-state index is 12.9. The van der Waals surface area contributed by atoms with Crippen LogP contribution >= 0.6 is 0 Å². The van der Waals surface area contributed by atoms with Gasteiger partial charge in [0.2, 0.25) is 0 Å². The Labute approximate surface area is 150 Å². The number of hydrogen-bond donors (Lipinski definition) is 1. The molecule has 0 bridgehead atoms. The highest BCUT2D eigenvalue weighted by molar-refractivity contribution is 5.81. The number of benzene rings is 2. The zero-order chi connectivity index (χ0) is 18.7. The first-order chi connectivity index (χ1) is 12.5. The van der Waals surface area contributed by atoms with Gasteiger partial charge in [0, 0.05) is 29.6 Å². The van der Waals surface area contributed by atoms with E-state index in [1.54, 1.807) is 55.3 Å². The lowest BCUT2D eigenvalue weighted by Crippen LogP contribution is -2.18. The van der Waals surface area contributed by atoms with Gasteiger partial charge in [0.1, 0.15) is 18.0 Å². The topological polar surface area (TPSA) is 77.8 Å². The summed E-state index contributed by atoms with van der Waals surface area (Å²) in [6.45, 7) is -0.213. The van der Waals surface area contributed by atoms with Crippen molar-refractivity contribution in [3.8, 4) is 11.5 Å². The van der Waals surface area contributed by atoms with Crippen LogP contribution in [0, 0.1) is 0 Å². The largest absolute Gasteiger partial charge is 0.497 e. The molecule has 134 valence electrons. The summed E-state index contributed by atoms with van der Waals surface area (Å²) in [6, 6.07) is 12.4. The van der Waals surface area contributed by atoms with Gasteiger partial charge in [-0.2, -0.15) is 0 Å². The van der Waals surface area contributed by atoms with Gasteiger partial charge in [-0.15, -0.1) is 0 Å². The lowest BCUT2D eigenvalue weighted by molar-refractivity contribution is -0.137. The number of hydrogen-bond acceptors (Lipinski definition) is 4. The van der Waals surface area contributed by atoms with E-state index in [9.17, 15) is 14.7 Å². The van der Waals surface area contributed by atoms with E-state index in [1.165, 1.54) is 0 Å². The first-order valence-corrected chi connectivity index (χ1v) is 8.06. The third-order valence-corrected chi connectivity index (χ3v) is 4.17. The molecule has 0 atom stereocenters. The van der Waals surface area contributed by atoms with Gasteiger partial charge in [-0.25, -0.2) is 0 Å². The van der Waals surface area contributed by atoms with Crippen molar-refractivity contribution in [1.82, 2.24) is 4.57 Å². The van der Waals surface area contributed by atoms with E-state index >= 15 is 0 Å². The molecule has 26 heavy (non-hydrogen) atoms. The number of aliphatic carboxylic acids is 1. The zero-order valence-electron chi connectivity index (χ0n) is 14.6. The van der Waals surface area contributed by atoms with Crippen LogP contribution in [-0.4, -0.2) is 29.9 Å². The molecular weight excluding hydrogens is 334 g/mol. The zero-order valence-corrected chi connectivity index (χ0v) is 14.6. The molecule has 3 aromatic rings. The van der Waals surface area contributed by atoms with Crippen LogP contribution in [0.4, 0.5) is 0 Å². The molecule has 1 N–H and O–H groups in total. The molecule has 0 aliphatic heterocycles. The van der Waals surface area contributed by atoms with Gasteiger partial charge in [-0.3, -0.25) is 9.59 Å². The van der Waals surface area contributed by atoms with Crippen molar-refractivity contribution in [3.63, 3.8) is 0 Å². The molecule has 3 rings (SSSR count). The van der Waals surface area contributed by atoms with Gasteiger partial charge in [-0.05, 0) is 29.8 Å². The Balaban J connectivity index is 2.12. The fourth-order valence-corrected chi connectivity index (χ4v) is 3.00. The van der Waals surface area contributed by atoms with Crippen LogP contribution in [0.3, 0.4) is 0 Å². The van der Waals surface area contributed by atoms with E-state index in [1.807, 2.05) is 12.1 Å². The lowest BCUT2D eigenvalue weighted by atomic mass is 10.0. The molecule has 0 amide bonds. The number of aromatic nitrogens is 1. The molecular formula is C20H19NO5. The van der Waals surface area contributed by atoms with E-state index in [2.05, 4.69) is 0 Å². The van der Waals surface area contributed by atoms with Crippen LogP contribution in [0.5, 0.6) is 11.5 Å². The second-order valence-corrected chi connectivity index (χ2v) is 5.92. The van der Waals surface area contributed by atoms with E-state index < -0.39 is 5.97 Å². The number of carboxylic acids is 1. The third-order valence-electron chi connectivity index (χ3n) is 4.17. The second-order valence-electron chi connectivity index (χ2n) is 5.92. The number of para-hydroxylation sites is 1. The predicted octanol–water partition coefficient (Wildman–Crippen LogP) is 2.69. The Hall–Kier alpha value is -3.28. The van der Waals surface area contributed by atoms with Gasteiger partial charge < -0.3 is 19.1 Å². The molecule has 6 nitrogen and oxygen atoms in total. The van der Waals surface area contributed by atoms with Crippen molar-refractivity contribution in [2.45, 2.75) is 13.0 Å². The van der Waals surface area contributed by atoms with E-state index in [0.717, 1.165) is 5.56 Å². The molecule has 0 radical (unpaired) electrons. The van der Waals surface area contributed by atoms with Crippen LogP contribution in [0.25, 0.3) is 10.9 Å². The normalized spacial score (nSPS) is 10.7. The number of carbonyl (C=O) groups is 1. The number of nitrogens with zero attached hydrogens (tertiary/aromatic N) is 1. The number of pyridine rings is 1. The van der Waals surface area contributed by atoms with Gasteiger partial charge in [0.15, 0.2) is 5.43 Å². The number of fused-ring (bicyclic) bond motifs is 1. The summed E-state index contributed by atoms with van der Waals surface area (Å²) in [5.41, 5.74) is 1.85. The number of ether oxygens (including phenoxy) is 2. The smallest absolute Gasteiger partial charge is 0.323 e. The minimum atomic E-state index is -0.965. The van der Waals surface area contributed by atoms with Crippen LogP contribution in [0.1, 0.15) is 11.1 Å². The third kappa shape index (κ3) is 3.54. The number of carboxylic acid groups (broad SMARTS) is 1. The predicted molar refractivity (Wildman–Crippen MR) is 98.2 cm³/mol. The van der Waals surface area contributed by atoms with Gasteiger partial charge in [-0.1, -0.05) is 12.1 Å². The molecule has 0 unspecified atom stereocenters. The van der Waals surface area contributed by atoms with Crippen molar-refractivity contribution < 1.29 is 19.4 Å². The molecule has 1 heterocycles. The summed E-state index contributed by atoms with van der Waals surface area (Å²) < 4.78 is 12.1. The molecule has 0 fully saturated rings. The first kappa shape index (κ1) is 17.5. The van der Waals surface area contributed by atoms with Gasteiger partial charge in [0.05, 0.1) is 19.7 Å². The summed E-state index contributed by atoms with van der Waals surface area (Å²) in [7, 11) is 3.13. The number of methoxy groups -OCH3 is 2. The Morgan fingerprint density at radius 3 is 2.35 bits per heavy atom. The summed E-state index contributed by atoms with van der Waals surface area (Å²) in [5, 5.41) is 9.68. The van der Waals surface area contributed by atoms with E-state index in [-0.39, 0.29) is 12.0 Å². The van der Waals surface area contributed by atoms with Crippen LogP contribution in [0.15, 0.2) is 53.5 Å². The Bertz CT molecular complexity index is 1000. The molecule has 0 aliphatic carbocycles. The van der Waals surface area contributed by atoms with Crippen LogP contribution < -0.4 is 14.9 Å². The lowest BCUT2D eigenvalue weighted by Gasteiger charge is -2.13. The first-order valence-electron chi connectivity index (χ1n) is 8.06. The fourth-order valence-electron chi connectivity index (χ4n) is 3.00. The van der Waals surface area contributed by atoms with Gasteiger partial charge in [0.25, 0.3) is 0 Å². The minimum Gasteiger partial charge on any atom is -0.497 e. The quantitative estimate of drug-likeness (QED) is 0.737. The highest BCUT2D eigenvalue weighted by atomic mass is 16.5. The monoisotopic (exact) mass is 353 g/mol. The van der Waals surface area contributed by atoms with Crippen LogP contribution in [-0.2, 0) is 17.8 Å². The van der Waals surface area contributed by atoms with Crippen molar-refractivity contribution in [2.24, 2.45) is 0 Å². The molecule has 2 aromatic carbocycles. The molecule has 0 spiro atoms. The highest BCUT2D eigenvalue weighted by Gasteiger charge is 2.12. The average molecular weight is 353 g/mol. The van der Waals surface area contributed by atoms with Crippen molar-refractivity contribution in [1.29, 1.82) is 0 Å². The maximum Gasteiger partial charge on any atom is 0.323 e. The van der Waals surface area contributed by atoms with E-state index in [0.29, 0.717) is 34.4 Å². The second kappa shape index (κ2) is 7.31. The molecule has 6 heteroatoms. The van der Waals surface area contributed by atoms with Gasteiger partial charge >= 0.3 is 5.97 Å². The summed E-state index contributed by atoms with van der Waals surface area (Å²) in [5.74, 6) is 0.296. The fraction of sp³-hybridized carbons (Fsp3) is 0.200. The average Bonchev–Trinajstić information content (AvgIpc) is 2.64. The minimum absolute atomic E-state index is 0.107. The van der Waals surface area contributed by atoms with Crippen LogP contribution in [0.2, 0.25) is 0 Å². The summed E-state index contributed by atoms with van der Waals surface area (Å²) in [4.78, 5) is 24.1. The van der Waals surface area contributed by atoms with Crippen molar-refractivity contribution in [3.05, 3.63) is 70.0 Å². The molecule has 0 aliphatic rings. The van der Waals surface area contributed by atoms with Crippen molar-refractivity contribution in [2.75, 3.05) is 14.2 Å². The van der Waals surface area contributed by atoms with Crippen molar-refractivity contribution >= 4 is 16.9 Å². The maximum atomic E-state index is 12.9. The molecule has 0 saturated carbocycles. The SMILES string of the molecule is COc1cc(Cc2cn(CC(=O)O)c3ccccc3c2=O)cc(OC)c1. The Kier molecular flexibility index (Phi) is 4.93. The Morgan fingerprint density at radius 1 is 1.08 bits per heavy atom. The molecule has 1 aromatic heterocycles. The summed E-state index contributed by atoms with van der Waals surface area (Å²) in [6.07, 6.45) is 1.96. The highest BCUT2D eigenvalue weighted by Crippen LogP contribution is 2.24. The Morgan fingerprint density at radius 2 is 1.73 bits per heavy atom.